The van der Waals surface area contributed by atoms with Gasteiger partial charge in [0.1, 0.15) is 22.9 Å². The summed E-state index contributed by atoms with van der Waals surface area (Å²) < 4.78 is 16.7. The van der Waals surface area contributed by atoms with Gasteiger partial charge in [-0.15, -0.1) is 0 Å². The van der Waals surface area contributed by atoms with Crippen molar-refractivity contribution < 1.29 is 18.8 Å². The molecule has 152 valence electrons. The summed E-state index contributed by atoms with van der Waals surface area (Å²) in [6.07, 6.45) is 0. The van der Waals surface area contributed by atoms with Crippen molar-refractivity contribution in [2.75, 3.05) is 19.5 Å². The van der Waals surface area contributed by atoms with E-state index < -0.39 is 5.91 Å². The Morgan fingerprint density at radius 3 is 2.50 bits per heavy atom. The molecule has 2 aromatic heterocycles. The molecule has 0 radical (unpaired) electrons. The molecule has 2 aromatic carbocycles. The zero-order valence-electron chi connectivity index (χ0n) is 16.5. The van der Waals surface area contributed by atoms with Crippen molar-refractivity contribution in [3.05, 3.63) is 70.3 Å². The van der Waals surface area contributed by atoms with Crippen LogP contribution in [-0.4, -0.2) is 35.1 Å². The molecule has 0 bridgehead atoms. The number of carbonyl (C=O) groups excluding carboxylic acids is 1. The minimum Gasteiger partial charge on any atom is -0.497 e. The average molecular weight is 406 g/mol. The topological polar surface area (TPSA) is 108 Å². The Morgan fingerprint density at radius 2 is 1.83 bits per heavy atom. The van der Waals surface area contributed by atoms with Crippen molar-refractivity contribution in [2.45, 2.75) is 6.92 Å². The summed E-state index contributed by atoms with van der Waals surface area (Å²) in [4.78, 5) is 26.1. The van der Waals surface area contributed by atoms with Gasteiger partial charge in [0, 0.05) is 17.5 Å². The zero-order valence-corrected chi connectivity index (χ0v) is 16.5. The summed E-state index contributed by atoms with van der Waals surface area (Å²) >= 11 is 0. The molecule has 1 N–H and O–H groups in total. The lowest BCUT2D eigenvalue weighted by molar-refractivity contribution is 0.102. The van der Waals surface area contributed by atoms with Gasteiger partial charge in [-0.05, 0) is 25.1 Å². The van der Waals surface area contributed by atoms with Crippen LogP contribution >= 0.6 is 0 Å². The summed E-state index contributed by atoms with van der Waals surface area (Å²) in [5.41, 5.74) is 0.0482. The highest BCUT2D eigenvalue weighted by atomic mass is 16.5. The van der Waals surface area contributed by atoms with Gasteiger partial charge >= 0.3 is 0 Å². The first-order valence-electron chi connectivity index (χ1n) is 9.01. The number of amides is 1. The molecule has 4 aromatic rings. The third kappa shape index (κ3) is 3.37. The van der Waals surface area contributed by atoms with E-state index in [1.807, 2.05) is 0 Å². The lowest BCUT2D eigenvalue weighted by atomic mass is 10.1. The smallest absolute Gasteiger partial charge is 0.279 e. The minimum absolute atomic E-state index is 0.0590. The van der Waals surface area contributed by atoms with Crippen molar-refractivity contribution in [2.24, 2.45) is 0 Å². The van der Waals surface area contributed by atoms with E-state index in [-0.39, 0.29) is 17.1 Å². The van der Waals surface area contributed by atoms with Gasteiger partial charge in [-0.25, -0.2) is 0 Å². The maximum atomic E-state index is 13.1. The molecule has 0 aliphatic carbocycles. The second-order valence-electron chi connectivity index (χ2n) is 6.43. The number of nitrogens with one attached hydrogen (secondary N) is 1. The Balaban J connectivity index is 1.91. The number of methoxy groups -OCH3 is 2. The molecule has 0 spiro atoms. The van der Waals surface area contributed by atoms with Crippen molar-refractivity contribution in [1.29, 1.82) is 0 Å². The van der Waals surface area contributed by atoms with E-state index in [2.05, 4.69) is 15.6 Å². The Labute approximate surface area is 170 Å². The highest BCUT2D eigenvalue weighted by Gasteiger charge is 2.20. The van der Waals surface area contributed by atoms with Crippen molar-refractivity contribution in [1.82, 2.24) is 14.9 Å². The molecule has 2 heterocycles. The predicted octanol–water partition coefficient (Wildman–Crippen LogP) is 2.95. The van der Waals surface area contributed by atoms with Gasteiger partial charge in [-0.2, -0.15) is 9.78 Å². The molecule has 30 heavy (non-hydrogen) atoms. The third-order valence-electron chi connectivity index (χ3n) is 4.50. The van der Waals surface area contributed by atoms with Gasteiger partial charge in [-0.1, -0.05) is 23.4 Å². The van der Waals surface area contributed by atoms with Crippen LogP contribution in [0.15, 0.2) is 57.8 Å². The van der Waals surface area contributed by atoms with Crippen molar-refractivity contribution >= 4 is 22.5 Å². The first-order chi connectivity index (χ1) is 14.5. The molecule has 0 unspecified atom stereocenters. The number of fused-ring (bicyclic) bond motifs is 1. The molecule has 4 rings (SSSR count). The molecule has 0 saturated heterocycles. The number of carbonyl (C=O) groups is 1. The quantitative estimate of drug-likeness (QED) is 0.543. The molecular weight excluding hydrogens is 388 g/mol. The second-order valence-corrected chi connectivity index (χ2v) is 6.43. The van der Waals surface area contributed by atoms with Crippen LogP contribution in [0.1, 0.15) is 16.2 Å². The molecule has 9 nitrogen and oxygen atoms in total. The van der Waals surface area contributed by atoms with E-state index in [1.165, 1.54) is 14.2 Å². The van der Waals surface area contributed by atoms with Gasteiger partial charge in [0.25, 0.3) is 11.5 Å². The van der Waals surface area contributed by atoms with Crippen LogP contribution in [-0.2, 0) is 0 Å². The third-order valence-corrected chi connectivity index (χ3v) is 4.50. The van der Waals surface area contributed by atoms with Crippen molar-refractivity contribution in [3.8, 4) is 17.2 Å². The summed E-state index contributed by atoms with van der Waals surface area (Å²) in [7, 11) is 3.01. The first-order valence-corrected chi connectivity index (χ1v) is 9.01. The van der Waals surface area contributed by atoms with Crippen LogP contribution in [0.3, 0.4) is 0 Å². The van der Waals surface area contributed by atoms with Crippen LogP contribution in [0.4, 0.5) is 5.82 Å². The number of ether oxygens (including phenoxy) is 2. The molecule has 0 atom stereocenters. The maximum Gasteiger partial charge on any atom is 0.279 e. The lowest BCUT2D eigenvalue weighted by Crippen LogP contribution is -2.27. The largest absolute Gasteiger partial charge is 0.497 e. The van der Waals surface area contributed by atoms with Gasteiger partial charge < -0.3 is 19.3 Å². The van der Waals surface area contributed by atoms with E-state index in [0.29, 0.717) is 33.7 Å². The Hall–Kier alpha value is -4.14. The number of hydrogen-bond acceptors (Lipinski definition) is 7. The van der Waals surface area contributed by atoms with Crippen LogP contribution in [0.2, 0.25) is 0 Å². The molecule has 0 saturated carbocycles. The van der Waals surface area contributed by atoms with Gasteiger partial charge in [0.2, 0.25) is 0 Å². The van der Waals surface area contributed by atoms with Crippen LogP contribution in [0.5, 0.6) is 11.5 Å². The lowest BCUT2D eigenvalue weighted by Gasteiger charge is -2.14. The van der Waals surface area contributed by atoms with E-state index in [1.54, 1.807) is 55.5 Å². The van der Waals surface area contributed by atoms with Crippen molar-refractivity contribution in [3.63, 3.8) is 0 Å². The van der Waals surface area contributed by atoms with E-state index >= 15 is 0 Å². The molecule has 0 aliphatic rings. The standard InChI is InChI=1S/C21H18N4O5/c1-12-10-18(24-30-12)22-20(26)19-14-6-4-5-7-15(14)21(27)25(23-19)16-9-8-13(28-2)11-17(16)29-3/h4-11H,1-3H3,(H,22,24,26). The highest BCUT2D eigenvalue weighted by molar-refractivity contribution is 6.10. The monoisotopic (exact) mass is 406 g/mol. The SMILES string of the molecule is COc1ccc(-n2nc(C(=O)Nc3cc(C)on3)c3ccccc3c2=O)c(OC)c1. The number of benzene rings is 2. The fourth-order valence-corrected chi connectivity index (χ4v) is 3.08. The minimum atomic E-state index is -0.527. The number of nitrogens with zero attached hydrogens (tertiary/aromatic N) is 3. The first kappa shape index (κ1) is 19.2. The Bertz CT molecular complexity index is 1310. The molecule has 9 heteroatoms. The Morgan fingerprint density at radius 1 is 1.07 bits per heavy atom. The summed E-state index contributed by atoms with van der Waals surface area (Å²) in [6.45, 7) is 1.71. The summed E-state index contributed by atoms with van der Waals surface area (Å²) in [6, 6.07) is 13.3. The van der Waals surface area contributed by atoms with Crippen LogP contribution < -0.4 is 20.3 Å². The highest BCUT2D eigenvalue weighted by Crippen LogP contribution is 2.27. The maximum absolute atomic E-state index is 13.1. The fraction of sp³-hybridized carbons (Fsp3) is 0.143. The second kappa shape index (κ2) is 7.70. The van der Waals surface area contributed by atoms with E-state index in [0.717, 1.165) is 4.68 Å². The number of aryl methyl sites for hydroxylation is 1. The van der Waals surface area contributed by atoms with E-state index in [4.69, 9.17) is 14.0 Å². The average Bonchev–Trinajstić information content (AvgIpc) is 3.18. The van der Waals surface area contributed by atoms with Gasteiger partial charge in [0.15, 0.2) is 11.5 Å². The summed E-state index contributed by atoms with van der Waals surface area (Å²) in [5.74, 6) is 1.21. The van der Waals surface area contributed by atoms with Crippen LogP contribution in [0, 0.1) is 6.92 Å². The number of rotatable bonds is 5. The number of anilines is 1. The fourth-order valence-electron chi connectivity index (χ4n) is 3.08. The Kier molecular flexibility index (Phi) is 4.93. The van der Waals surface area contributed by atoms with Gasteiger partial charge in [0.05, 0.1) is 19.6 Å². The number of aromatic nitrogens is 3. The predicted molar refractivity (Wildman–Crippen MR) is 110 cm³/mol. The summed E-state index contributed by atoms with van der Waals surface area (Å²) in [5, 5.41) is 11.5. The van der Waals surface area contributed by atoms with E-state index in [9.17, 15) is 9.59 Å². The zero-order chi connectivity index (χ0) is 21.3. The van der Waals surface area contributed by atoms with Gasteiger partial charge in [-0.3, -0.25) is 9.59 Å². The molecule has 0 aliphatic heterocycles. The number of hydrogen-bond donors (Lipinski definition) is 1. The normalized spacial score (nSPS) is 10.8. The molecule has 0 fully saturated rings. The molecule has 1 amide bonds. The van der Waals surface area contributed by atoms with Crippen LogP contribution in [0.25, 0.3) is 16.5 Å². The molecular formula is C21H18N4O5.